The van der Waals surface area contributed by atoms with E-state index in [-0.39, 0.29) is 0 Å². The van der Waals surface area contributed by atoms with E-state index in [9.17, 15) is 0 Å². The lowest BCUT2D eigenvalue weighted by Gasteiger charge is -1.99. The van der Waals surface area contributed by atoms with Crippen molar-refractivity contribution in [1.82, 2.24) is 20.3 Å². The maximum atomic E-state index is 5.03. The highest BCUT2D eigenvalue weighted by molar-refractivity contribution is 5.81. The molecule has 5 nitrogen and oxygen atoms in total. The molecule has 0 unspecified atom stereocenters. The van der Waals surface area contributed by atoms with Gasteiger partial charge in [0.25, 0.3) is 0 Å². The van der Waals surface area contributed by atoms with Gasteiger partial charge in [0.15, 0.2) is 0 Å². The van der Waals surface area contributed by atoms with E-state index in [0.29, 0.717) is 13.1 Å². The standard InChI is InChI=1S/C14H16N4O/c1-10-7-11(17-19-10)8-15-9-13-12-5-3-4-6-14(12)18(2)16-13/h3-7,15H,8-9H2,1-2H3. The molecule has 0 aliphatic heterocycles. The quantitative estimate of drug-likeness (QED) is 0.777. The summed E-state index contributed by atoms with van der Waals surface area (Å²) in [6.07, 6.45) is 0. The van der Waals surface area contributed by atoms with Crippen LogP contribution in [0.2, 0.25) is 0 Å². The molecule has 0 saturated carbocycles. The SMILES string of the molecule is Cc1cc(CNCc2nn(C)c3ccccc23)no1. The van der Waals surface area contributed by atoms with Crippen LogP contribution >= 0.6 is 0 Å². The molecule has 3 aromatic rings. The fourth-order valence-electron chi connectivity index (χ4n) is 2.23. The highest BCUT2D eigenvalue weighted by Crippen LogP contribution is 2.17. The van der Waals surface area contributed by atoms with Crippen LogP contribution < -0.4 is 5.32 Å². The number of benzene rings is 1. The molecule has 0 atom stereocenters. The van der Waals surface area contributed by atoms with Crippen LogP contribution in [0.5, 0.6) is 0 Å². The summed E-state index contributed by atoms with van der Waals surface area (Å²) in [6, 6.07) is 10.2. The third kappa shape index (κ3) is 2.37. The van der Waals surface area contributed by atoms with E-state index in [1.54, 1.807) is 0 Å². The molecule has 0 aliphatic rings. The van der Waals surface area contributed by atoms with Crippen molar-refractivity contribution in [3.8, 4) is 0 Å². The molecule has 19 heavy (non-hydrogen) atoms. The average Bonchev–Trinajstić information content (AvgIpc) is 2.96. The largest absolute Gasteiger partial charge is 0.361 e. The minimum atomic E-state index is 0.683. The topological polar surface area (TPSA) is 55.9 Å². The Bertz CT molecular complexity index is 698. The lowest BCUT2D eigenvalue weighted by atomic mass is 10.2. The smallest absolute Gasteiger partial charge is 0.133 e. The van der Waals surface area contributed by atoms with E-state index in [1.807, 2.05) is 36.9 Å². The van der Waals surface area contributed by atoms with E-state index in [1.165, 1.54) is 5.39 Å². The van der Waals surface area contributed by atoms with Gasteiger partial charge < -0.3 is 9.84 Å². The average molecular weight is 256 g/mol. The van der Waals surface area contributed by atoms with Crippen molar-refractivity contribution in [2.75, 3.05) is 0 Å². The molecule has 2 heterocycles. The molecule has 1 N–H and O–H groups in total. The summed E-state index contributed by atoms with van der Waals surface area (Å²) in [7, 11) is 1.97. The van der Waals surface area contributed by atoms with Crippen molar-refractivity contribution in [1.29, 1.82) is 0 Å². The number of aromatic nitrogens is 3. The van der Waals surface area contributed by atoms with Gasteiger partial charge in [-0.1, -0.05) is 23.4 Å². The zero-order valence-electron chi connectivity index (χ0n) is 11.1. The third-order valence-corrected chi connectivity index (χ3v) is 3.11. The fraction of sp³-hybridized carbons (Fsp3) is 0.286. The normalized spacial score (nSPS) is 11.3. The monoisotopic (exact) mass is 256 g/mol. The van der Waals surface area contributed by atoms with Gasteiger partial charge in [-0.3, -0.25) is 4.68 Å². The molecule has 0 spiro atoms. The van der Waals surface area contributed by atoms with Crippen LogP contribution in [0, 0.1) is 6.92 Å². The molecule has 1 aromatic carbocycles. The number of fused-ring (bicyclic) bond motifs is 1. The molecule has 0 radical (unpaired) electrons. The maximum Gasteiger partial charge on any atom is 0.133 e. The fourth-order valence-corrected chi connectivity index (χ4v) is 2.23. The van der Waals surface area contributed by atoms with Gasteiger partial charge in [0.2, 0.25) is 0 Å². The summed E-state index contributed by atoms with van der Waals surface area (Å²) < 4.78 is 6.94. The first kappa shape index (κ1) is 11.9. The predicted octanol–water partition coefficient (Wildman–Crippen LogP) is 2.16. The maximum absolute atomic E-state index is 5.03. The van der Waals surface area contributed by atoms with Crippen LogP contribution in [0.25, 0.3) is 10.9 Å². The van der Waals surface area contributed by atoms with Crippen LogP contribution in [0.1, 0.15) is 17.1 Å². The number of para-hydroxylation sites is 1. The van der Waals surface area contributed by atoms with Gasteiger partial charge in [-0.2, -0.15) is 5.10 Å². The summed E-state index contributed by atoms with van der Waals surface area (Å²) in [4.78, 5) is 0. The Balaban J connectivity index is 1.72. The van der Waals surface area contributed by atoms with Crippen molar-refractivity contribution in [2.24, 2.45) is 7.05 Å². The molecular weight excluding hydrogens is 240 g/mol. The Labute approximate surface area is 111 Å². The summed E-state index contributed by atoms with van der Waals surface area (Å²) in [5.74, 6) is 0.833. The molecule has 0 fully saturated rings. The second kappa shape index (κ2) is 4.85. The molecule has 98 valence electrons. The summed E-state index contributed by atoms with van der Waals surface area (Å²) in [5, 5.41) is 13.0. The number of aryl methyl sites for hydroxylation is 2. The van der Waals surface area contributed by atoms with Gasteiger partial charge in [-0.25, -0.2) is 0 Å². The number of hydrogen-bond acceptors (Lipinski definition) is 4. The summed E-state index contributed by atoms with van der Waals surface area (Å²) >= 11 is 0. The van der Waals surface area contributed by atoms with Crippen molar-refractivity contribution in [3.05, 3.63) is 47.5 Å². The number of hydrogen-bond donors (Lipinski definition) is 1. The van der Waals surface area contributed by atoms with Gasteiger partial charge in [0.05, 0.1) is 16.9 Å². The van der Waals surface area contributed by atoms with E-state index < -0.39 is 0 Å². The van der Waals surface area contributed by atoms with E-state index in [0.717, 1.165) is 22.7 Å². The van der Waals surface area contributed by atoms with Crippen molar-refractivity contribution < 1.29 is 4.52 Å². The highest BCUT2D eigenvalue weighted by atomic mass is 16.5. The molecule has 5 heteroatoms. The number of nitrogens with zero attached hydrogens (tertiary/aromatic N) is 3. The molecule has 0 aliphatic carbocycles. The molecular formula is C14H16N4O. The molecule has 3 rings (SSSR count). The minimum absolute atomic E-state index is 0.683. The molecule has 0 bridgehead atoms. The lowest BCUT2D eigenvalue weighted by Crippen LogP contribution is -2.13. The number of nitrogens with one attached hydrogen (secondary N) is 1. The second-order valence-electron chi connectivity index (χ2n) is 4.62. The van der Waals surface area contributed by atoms with E-state index >= 15 is 0 Å². The predicted molar refractivity (Wildman–Crippen MR) is 72.5 cm³/mol. The van der Waals surface area contributed by atoms with Crippen LogP contribution in [-0.4, -0.2) is 14.9 Å². The van der Waals surface area contributed by atoms with Gasteiger partial charge in [0, 0.05) is 31.6 Å². The van der Waals surface area contributed by atoms with E-state index in [2.05, 4.69) is 27.7 Å². The van der Waals surface area contributed by atoms with Gasteiger partial charge in [-0.05, 0) is 13.0 Å². The van der Waals surface area contributed by atoms with Crippen LogP contribution in [0.4, 0.5) is 0 Å². The first-order valence-corrected chi connectivity index (χ1v) is 6.27. The van der Waals surface area contributed by atoms with Crippen molar-refractivity contribution in [2.45, 2.75) is 20.0 Å². The highest BCUT2D eigenvalue weighted by Gasteiger charge is 2.07. The lowest BCUT2D eigenvalue weighted by molar-refractivity contribution is 0.388. The number of rotatable bonds is 4. The molecule has 2 aromatic heterocycles. The first-order chi connectivity index (χ1) is 9.24. The van der Waals surface area contributed by atoms with E-state index in [4.69, 9.17) is 4.52 Å². The van der Waals surface area contributed by atoms with Crippen molar-refractivity contribution >= 4 is 10.9 Å². The summed E-state index contributed by atoms with van der Waals surface area (Å²) in [6.45, 7) is 3.29. The minimum Gasteiger partial charge on any atom is -0.361 e. The van der Waals surface area contributed by atoms with Gasteiger partial charge in [0.1, 0.15) is 5.76 Å². The third-order valence-electron chi connectivity index (χ3n) is 3.11. The Morgan fingerprint density at radius 1 is 1.26 bits per heavy atom. The Morgan fingerprint density at radius 3 is 2.89 bits per heavy atom. The molecule has 0 amide bonds. The molecule has 0 saturated heterocycles. The zero-order chi connectivity index (χ0) is 13.2. The van der Waals surface area contributed by atoms with Crippen molar-refractivity contribution in [3.63, 3.8) is 0 Å². The van der Waals surface area contributed by atoms with Crippen LogP contribution in [0.15, 0.2) is 34.9 Å². The Hall–Kier alpha value is -2.14. The second-order valence-corrected chi connectivity index (χ2v) is 4.62. The Kier molecular flexibility index (Phi) is 3.05. The van der Waals surface area contributed by atoms with Crippen LogP contribution in [-0.2, 0) is 20.1 Å². The zero-order valence-corrected chi connectivity index (χ0v) is 11.1. The van der Waals surface area contributed by atoms with Gasteiger partial charge in [-0.15, -0.1) is 0 Å². The van der Waals surface area contributed by atoms with Crippen LogP contribution in [0.3, 0.4) is 0 Å². The first-order valence-electron chi connectivity index (χ1n) is 6.27. The Morgan fingerprint density at radius 2 is 2.11 bits per heavy atom. The van der Waals surface area contributed by atoms with Gasteiger partial charge >= 0.3 is 0 Å². The summed E-state index contributed by atoms with van der Waals surface area (Å²) in [5.41, 5.74) is 3.12.